The Kier molecular flexibility index (Phi) is 3.97. The van der Waals surface area contributed by atoms with Crippen molar-refractivity contribution in [1.29, 1.82) is 5.26 Å². The number of rotatable bonds is 4. The molecule has 2 N–H and O–H groups in total. The third-order valence-electron chi connectivity index (χ3n) is 3.42. The summed E-state index contributed by atoms with van der Waals surface area (Å²) in [7, 11) is 0. The summed E-state index contributed by atoms with van der Waals surface area (Å²) < 4.78 is 0. The van der Waals surface area contributed by atoms with E-state index < -0.39 is 4.92 Å². The number of hydrogen-bond donors (Lipinski definition) is 2. The van der Waals surface area contributed by atoms with E-state index in [1.54, 1.807) is 12.1 Å². The molecule has 1 fully saturated rings. The van der Waals surface area contributed by atoms with Gasteiger partial charge in [0.15, 0.2) is 0 Å². The number of hydrogen-bond acceptors (Lipinski definition) is 5. The summed E-state index contributed by atoms with van der Waals surface area (Å²) in [4.78, 5) is 10.3. The number of aliphatic hydroxyl groups is 1. The van der Waals surface area contributed by atoms with Crippen molar-refractivity contribution in [3.05, 3.63) is 33.9 Å². The van der Waals surface area contributed by atoms with Gasteiger partial charge in [-0.2, -0.15) is 5.26 Å². The van der Waals surface area contributed by atoms with Crippen LogP contribution in [-0.4, -0.2) is 22.7 Å². The molecule has 2 rings (SSSR count). The van der Waals surface area contributed by atoms with Crippen LogP contribution in [0.2, 0.25) is 0 Å². The first-order valence-corrected chi connectivity index (χ1v) is 6.20. The highest BCUT2D eigenvalue weighted by atomic mass is 16.6. The standard InChI is InChI=1S/C13H15N3O3/c14-7-10-2-3-11(6-13(10)16(18)19)15-8-9-1-4-12(17)5-9/h2-3,6,9,12,15,17H,1,4-5,8H2. The minimum atomic E-state index is -0.553. The van der Waals surface area contributed by atoms with Gasteiger partial charge in [-0.3, -0.25) is 10.1 Å². The lowest BCUT2D eigenvalue weighted by Gasteiger charge is -2.12. The Labute approximate surface area is 110 Å². The van der Waals surface area contributed by atoms with Crippen molar-refractivity contribution in [2.75, 3.05) is 11.9 Å². The summed E-state index contributed by atoms with van der Waals surface area (Å²) in [5, 5.41) is 32.2. The normalized spacial score (nSPS) is 21.9. The average Bonchev–Trinajstić information content (AvgIpc) is 2.81. The molecule has 100 valence electrons. The van der Waals surface area contributed by atoms with E-state index in [1.165, 1.54) is 12.1 Å². The van der Waals surface area contributed by atoms with Crippen LogP contribution in [0.5, 0.6) is 0 Å². The number of aliphatic hydroxyl groups excluding tert-OH is 1. The van der Waals surface area contributed by atoms with E-state index >= 15 is 0 Å². The van der Waals surface area contributed by atoms with Crippen LogP contribution in [0.4, 0.5) is 11.4 Å². The van der Waals surface area contributed by atoms with Crippen LogP contribution in [0, 0.1) is 27.4 Å². The summed E-state index contributed by atoms with van der Waals surface area (Å²) >= 11 is 0. The molecule has 0 aliphatic heterocycles. The Bertz CT molecular complexity index is 524. The van der Waals surface area contributed by atoms with Crippen molar-refractivity contribution in [3.8, 4) is 6.07 Å². The van der Waals surface area contributed by atoms with Gasteiger partial charge in [-0.25, -0.2) is 0 Å². The second-order valence-corrected chi connectivity index (χ2v) is 4.81. The zero-order valence-corrected chi connectivity index (χ0v) is 10.4. The van der Waals surface area contributed by atoms with Gasteiger partial charge in [-0.1, -0.05) is 0 Å². The third kappa shape index (κ3) is 3.20. The second-order valence-electron chi connectivity index (χ2n) is 4.81. The minimum Gasteiger partial charge on any atom is -0.393 e. The van der Waals surface area contributed by atoms with Crippen molar-refractivity contribution in [2.45, 2.75) is 25.4 Å². The van der Waals surface area contributed by atoms with Gasteiger partial charge >= 0.3 is 0 Å². The molecule has 6 nitrogen and oxygen atoms in total. The molecular weight excluding hydrogens is 246 g/mol. The van der Waals surface area contributed by atoms with Gasteiger partial charge in [-0.05, 0) is 37.3 Å². The van der Waals surface area contributed by atoms with Crippen molar-refractivity contribution in [2.24, 2.45) is 5.92 Å². The number of nitro groups is 1. The molecule has 0 bridgehead atoms. The van der Waals surface area contributed by atoms with Crippen molar-refractivity contribution in [3.63, 3.8) is 0 Å². The van der Waals surface area contributed by atoms with Crippen LogP contribution in [0.1, 0.15) is 24.8 Å². The van der Waals surface area contributed by atoms with Crippen molar-refractivity contribution in [1.82, 2.24) is 0 Å². The molecular formula is C13H15N3O3. The number of anilines is 1. The van der Waals surface area contributed by atoms with E-state index in [1.807, 2.05) is 0 Å². The monoisotopic (exact) mass is 261 g/mol. The van der Waals surface area contributed by atoms with E-state index in [4.69, 9.17) is 5.26 Å². The lowest BCUT2D eigenvalue weighted by Crippen LogP contribution is -2.12. The van der Waals surface area contributed by atoms with Crippen LogP contribution in [0.25, 0.3) is 0 Å². The lowest BCUT2D eigenvalue weighted by atomic mass is 10.1. The Balaban J connectivity index is 2.03. The zero-order chi connectivity index (χ0) is 13.8. The first kappa shape index (κ1) is 13.3. The summed E-state index contributed by atoms with van der Waals surface area (Å²) in [6.45, 7) is 0.681. The van der Waals surface area contributed by atoms with Crippen molar-refractivity contribution < 1.29 is 10.0 Å². The fourth-order valence-corrected chi connectivity index (χ4v) is 2.38. The quantitative estimate of drug-likeness (QED) is 0.638. The van der Waals surface area contributed by atoms with E-state index in [0.29, 0.717) is 18.2 Å². The molecule has 6 heteroatoms. The molecule has 1 aliphatic carbocycles. The summed E-state index contributed by atoms with van der Waals surface area (Å²) in [6.07, 6.45) is 2.33. The van der Waals surface area contributed by atoms with Gasteiger partial charge in [-0.15, -0.1) is 0 Å². The molecule has 1 aromatic carbocycles. The third-order valence-corrected chi connectivity index (χ3v) is 3.42. The minimum absolute atomic E-state index is 0.0619. The topological polar surface area (TPSA) is 99.2 Å². The number of nitriles is 1. The van der Waals surface area contributed by atoms with Crippen LogP contribution in [-0.2, 0) is 0 Å². The van der Waals surface area contributed by atoms with Gasteiger partial charge in [0, 0.05) is 18.3 Å². The fraction of sp³-hybridized carbons (Fsp3) is 0.462. The van der Waals surface area contributed by atoms with Crippen LogP contribution in [0.15, 0.2) is 18.2 Å². The zero-order valence-electron chi connectivity index (χ0n) is 10.4. The number of nitrogens with zero attached hydrogens (tertiary/aromatic N) is 2. The molecule has 0 aromatic heterocycles. The predicted octanol–water partition coefficient (Wildman–Crippen LogP) is 2.04. The maximum absolute atomic E-state index is 10.8. The maximum Gasteiger partial charge on any atom is 0.289 e. The first-order valence-electron chi connectivity index (χ1n) is 6.20. The smallest absolute Gasteiger partial charge is 0.289 e. The Morgan fingerprint density at radius 2 is 2.32 bits per heavy atom. The highest BCUT2D eigenvalue weighted by Crippen LogP contribution is 2.27. The summed E-state index contributed by atoms with van der Waals surface area (Å²) in [5.74, 6) is 0.393. The molecule has 1 aliphatic rings. The number of benzene rings is 1. The predicted molar refractivity (Wildman–Crippen MR) is 69.6 cm³/mol. The van der Waals surface area contributed by atoms with Gasteiger partial charge in [0.2, 0.25) is 0 Å². The Hall–Kier alpha value is -2.13. The number of nitro benzene ring substituents is 1. The van der Waals surface area contributed by atoms with Crippen LogP contribution >= 0.6 is 0 Å². The van der Waals surface area contributed by atoms with Gasteiger partial charge in [0.1, 0.15) is 11.6 Å². The second kappa shape index (κ2) is 5.67. The first-order chi connectivity index (χ1) is 9.10. The fourth-order valence-electron chi connectivity index (χ4n) is 2.38. The molecule has 19 heavy (non-hydrogen) atoms. The lowest BCUT2D eigenvalue weighted by molar-refractivity contribution is -0.385. The largest absolute Gasteiger partial charge is 0.393 e. The average molecular weight is 261 g/mol. The van der Waals surface area contributed by atoms with Crippen molar-refractivity contribution >= 4 is 11.4 Å². The van der Waals surface area contributed by atoms with E-state index in [9.17, 15) is 15.2 Å². The summed E-state index contributed by atoms with van der Waals surface area (Å²) in [5.41, 5.74) is 0.512. The maximum atomic E-state index is 10.8. The Morgan fingerprint density at radius 3 is 2.89 bits per heavy atom. The molecule has 2 unspecified atom stereocenters. The summed E-state index contributed by atoms with van der Waals surface area (Å²) in [6, 6.07) is 6.30. The molecule has 0 saturated heterocycles. The molecule has 2 atom stereocenters. The highest BCUT2D eigenvalue weighted by molar-refractivity contribution is 5.59. The molecule has 1 aromatic rings. The molecule has 1 saturated carbocycles. The highest BCUT2D eigenvalue weighted by Gasteiger charge is 2.22. The molecule has 0 radical (unpaired) electrons. The van der Waals surface area contributed by atoms with E-state index in [2.05, 4.69) is 5.32 Å². The molecule has 0 heterocycles. The number of nitrogens with one attached hydrogen (secondary N) is 1. The molecule has 0 amide bonds. The van der Waals surface area contributed by atoms with E-state index in [0.717, 1.165) is 19.3 Å². The SMILES string of the molecule is N#Cc1ccc(NCC2CCC(O)C2)cc1[N+](=O)[O-]. The van der Waals surface area contributed by atoms with Gasteiger partial charge in [0.05, 0.1) is 11.0 Å². The van der Waals surface area contributed by atoms with Gasteiger partial charge in [0.25, 0.3) is 5.69 Å². The molecule has 0 spiro atoms. The Morgan fingerprint density at radius 1 is 1.53 bits per heavy atom. The van der Waals surface area contributed by atoms with Crippen LogP contribution < -0.4 is 5.32 Å². The van der Waals surface area contributed by atoms with E-state index in [-0.39, 0.29) is 17.4 Å². The van der Waals surface area contributed by atoms with Gasteiger partial charge < -0.3 is 10.4 Å². The van der Waals surface area contributed by atoms with Crippen LogP contribution in [0.3, 0.4) is 0 Å².